The lowest BCUT2D eigenvalue weighted by Crippen LogP contribution is -2.32. The van der Waals surface area contributed by atoms with Gasteiger partial charge in [0, 0.05) is 0 Å². The molecule has 3 fully saturated rings. The average molecular weight is 180 g/mol. The molecule has 0 aromatic carbocycles. The van der Waals surface area contributed by atoms with Crippen LogP contribution < -0.4 is 0 Å². The molecule has 13 heavy (non-hydrogen) atoms. The Kier molecular flexibility index (Phi) is 1.24. The van der Waals surface area contributed by atoms with Crippen molar-refractivity contribution in [3.63, 3.8) is 0 Å². The molecule has 0 aromatic heterocycles. The van der Waals surface area contributed by atoms with E-state index < -0.39 is 0 Å². The van der Waals surface area contributed by atoms with Crippen LogP contribution in [0.3, 0.4) is 0 Å². The van der Waals surface area contributed by atoms with Crippen molar-refractivity contribution in [2.75, 3.05) is 0 Å². The lowest BCUT2D eigenvalue weighted by molar-refractivity contribution is -0.156. The van der Waals surface area contributed by atoms with Crippen molar-refractivity contribution in [1.82, 2.24) is 0 Å². The normalized spacial score (nSPS) is 47.7. The van der Waals surface area contributed by atoms with E-state index in [0.29, 0.717) is 18.3 Å². The van der Waals surface area contributed by atoms with Crippen molar-refractivity contribution in [3.8, 4) is 0 Å². The van der Waals surface area contributed by atoms with Crippen LogP contribution >= 0.6 is 0 Å². The molecule has 0 amide bonds. The predicted molar refractivity (Wildman–Crippen MR) is 43.6 cm³/mol. The minimum absolute atomic E-state index is 0.232. The van der Waals surface area contributed by atoms with E-state index in [2.05, 4.69) is 4.74 Å². The third-order valence-corrected chi connectivity index (χ3v) is 4.05. The van der Waals surface area contributed by atoms with Gasteiger partial charge in [0.25, 0.3) is 0 Å². The number of hydrogen-bond acceptors (Lipinski definition) is 3. The highest BCUT2D eigenvalue weighted by atomic mass is 16.6. The number of ether oxygens (including phenoxy) is 1. The number of carbonyl (C=O) groups excluding carboxylic acids is 2. The number of cyclic esters (lactones) is 2. The Balaban J connectivity index is 1.98. The standard InChI is InChI=1S/C10H12O3/c11-8-5-10(9(12)13-8)4-6-1-2-7(10)3-6/h6-7H,1-5H2. The molecule has 3 rings (SSSR count). The van der Waals surface area contributed by atoms with Crippen molar-refractivity contribution >= 4 is 11.9 Å². The molecule has 3 atom stereocenters. The maximum absolute atomic E-state index is 11.6. The van der Waals surface area contributed by atoms with E-state index in [4.69, 9.17) is 0 Å². The zero-order chi connectivity index (χ0) is 9.05. The van der Waals surface area contributed by atoms with Crippen molar-refractivity contribution < 1.29 is 14.3 Å². The fraction of sp³-hybridized carbons (Fsp3) is 0.800. The van der Waals surface area contributed by atoms with E-state index in [0.717, 1.165) is 19.3 Å². The molecule has 2 saturated carbocycles. The number of fused-ring (bicyclic) bond motifs is 3. The zero-order valence-electron chi connectivity index (χ0n) is 7.41. The Morgan fingerprint density at radius 1 is 1.31 bits per heavy atom. The lowest BCUT2D eigenvalue weighted by atomic mass is 9.72. The second kappa shape index (κ2) is 2.14. The molecule has 3 nitrogen and oxygen atoms in total. The van der Waals surface area contributed by atoms with E-state index in [-0.39, 0.29) is 17.4 Å². The fourth-order valence-electron chi connectivity index (χ4n) is 3.48. The molecule has 0 N–H and O–H groups in total. The minimum atomic E-state index is -0.375. The molecule has 3 heteroatoms. The first-order valence-electron chi connectivity index (χ1n) is 4.96. The third-order valence-electron chi connectivity index (χ3n) is 4.05. The Hall–Kier alpha value is -0.860. The molecule has 1 heterocycles. The first-order valence-corrected chi connectivity index (χ1v) is 4.96. The lowest BCUT2D eigenvalue weighted by Gasteiger charge is -2.27. The average Bonchev–Trinajstić information content (AvgIpc) is 2.68. The summed E-state index contributed by atoms with van der Waals surface area (Å²) in [5.41, 5.74) is -0.375. The van der Waals surface area contributed by atoms with Crippen LogP contribution in [0.4, 0.5) is 0 Å². The molecule has 0 aromatic rings. The van der Waals surface area contributed by atoms with Gasteiger partial charge in [-0.25, -0.2) is 0 Å². The largest absolute Gasteiger partial charge is 0.393 e. The molecule has 1 aliphatic heterocycles. The number of esters is 2. The molecule has 2 aliphatic carbocycles. The molecule has 3 aliphatic rings. The van der Waals surface area contributed by atoms with Crippen molar-refractivity contribution in [2.45, 2.75) is 32.1 Å². The van der Waals surface area contributed by atoms with Gasteiger partial charge >= 0.3 is 11.9 Å². The van der Waals surface area contributed by atoms with Crippen LogP contribution in [-0.4, -0.2) is 11.9 Å². The Bertz CT molecular complexity index is 297. The Morgan fingerprint density at radius 2 is 2.15 bits per heavy atom. The van der Waals surface area contributed by atoms with Gasteiger partial charge in [-0.3, -0.25) is 9.59 Å². The van der Waals surface area contributed by atoms with Gasteiger partial charge in [-0.15, -0.1) is 0 Å². The highest BCUT2D eigenvalue weighted by Crippen LogP contribution is 2.59. The first kappa shape index (κ1) is 7.54. The van der Waals surface area contributed by atoms with Gasteiger partial charge < -0.3 is 4.74 Å². The third kappa shape index (κ3) is 0.798. The monoisotopic (exact) mass is 180 g/mol. The summed E-state index contributed by atoms with van der Waals surface area (Å²) in [5.74, 6) is 0.585. The maximum Gasteiger partial charge on any atom is 0.320 e. The molecular formula is C10H12O3. The summed E-state index contributed by atoms with van der Waals surface area (Å²) in [7, 11) is 0. The van der Waals surface area contributed by atoms with Gasteiger partial charge in [0.15, 0.2) is 0 Å². The minimum Gasteiger partial charge on any atom is -0.393 e. The van der Waals surface area contributed by atoms with E-state index >= 15 is 0 Å². The van der Waals surface area contributed by atoms with Gasteiger partial charge in [-0.05, 0) is 31.1 Å². The summed E-state index contributed by atoms with van der Waals surface area (Å²) in [5, 5.41) is 0. The Labute approximate surface area is 76.4 Å². The second-order valence-corrected chi connectivity index (χ2v) is 4.67. The highest BCUT2D eigenvalue weighted by Gasteiger charge is 2.61. The molecular weight excluding hydrogens is 168 g/mol. The summed E-state index contributed by atoms with van der Waals surface area (Å²) >= 11 is 0. The van der Waals surface area contributed by atoms with Crippen LogP contribution in [0.5, 0.6) is 0 Å². The van der Waals surface area contributed by atoms with Gasteiger partial charge in [0.1, 0.15) is 0 Å². The van der Waals surface area contributed by atoms with E-state index in [1.54, 1.807) is 0 Å². The summed E-state index contributed by atoms with van der Waals surface area (Å²) in [6, 6.07) is 0. The summed E-state index contributed by atoms with van der Waals surface area (Å²) < 4.78 is 4.67. The maximum atomic E-state index is 11.6. The van der Waals surface area contributed by atoms with Gasteiger partial charge in [-0.2, -0.15) is 0 Å². The zero-order valence-corrected chi connectivity index (χ0v) is 7.41. The molecule has 3 unspecified atom stereocenters. The number of rotatable bonds is 0. The highest BCUT2D eigenvalue weighted by molar-refractivity contribution is 5.97. The topological polar surface area (TPSA) is 43.4 Å². The summed E-state index contributed by atoms with van der Waals surface area (Å²) in [6.07, 6.45) is 4.76. The van der Waals surface area contributed by atoms with Crippen molar-refractivity contribution in [2.24, 2.45) is 17.3 Å². The van der Waals surface area contributed by atoms with Crippen molar-refractivity contribution in [1.29, 1.82) is 0 Å². The van der Waals surface area contributed by atoms with Crippen LogP contribution in [0.2, 0.25) is 0 Å². The SMILES string of the molecule is O=C1CC2(CC3CCC2C3)C(=O)O1. The molecule has 0 radical (unpaired) electrons. The number of carbonyl (C=O) groups is 2. The summed E-state index contributed by atoms with van der Waals surface area (Å²) in [6.45, 7) is 0. The summed E-state index contributed by atoms with van der Waals surface area (Å²) in [4.78, 5) is 22.6. The predicted octanol–water partition coefficient (Wildman–Crippen LogP) is 1.27. The van der Waals surface area contributed by atoms with Gasteiger partial charge in [0.05, 0.1) is 11.8 Å². The fourth-order valence-corrected chi connectivity index (χ4v) is 3.48. The van der Waals surface area contributed by atoms with Crippen LogP contribution in [-0.2, 0) is 14.3 Å². The molecule has 1 spiro atoms. The van der Waals surface area contributed by atoms with Crippen LogP contribution in [0.15, 0.2) is 0 Å². The smallest absolute Gasteiger partial charge is 0.320 e. The molecule has 1 saturated heterocycles. The van der Waals surface area contributed by atoms with Crippen LogP contribution in [0.1, 0.15) is 32.1 Å². The van der Waals surface area contributed by atoms with E-state index in [9.17, 15) is 9.59 Å². The van der Waals surface area contributed by atoms with E-state index in [1.165, 1.54) is 6.42 Å². The second-order valence-electron chi connectivity index (χ2n) is 4.67. The van der Waals surface area contributed by atoms with Crippen molar-refractivity contribution in [3.05, 3.63) is 0 Å². The molecule has 2 bridgehead atoms. The Morgan fingerprint density at radius 3 is 2.62 bits per heavy atom. The van der Waals surface area contributed by atoms with Gasteiger partial charge in [-0.1, -0.05) is 6.42 Å². The quantitative estimate of drug-likeness (QED) is 0.416. The van der Waals surface area contributed by atoms with Gasteiger partial charge in [0.2, 0.25) is 0 Å². The van der Waals surface area contributed by atoms with Crippen LogP contribution in [0.25, 0.3) is 0 Å². The molecule has 70 valence electrons. The van der Waals surface area contributed by atoms with E-state index in [1.807, 2.05) is 0 Å². The number of hydrogen-bond donors (Lipinski definition) is 0. The van der Waals surface area contributed by atoms with Crippen LogP contribution in [0, 0.1) is 17.3 Å². The first-order chi connectivity index (χ1) is 6.21.